The molecule has 0 saturated heterocycles. The average Bonchev–Trinajstić information content (AvgIpc) is 2.50. The minimum Gasteiger partial charge on any atom is -0.356 e. The lowest BCUT2D eigenvalue weighted by molar-refractivity contribution is -0.162. The molecule has 0 N–H and O–H groups in total. The van der Waals surface area contributed by atoms with Gasteiger partial charge in [-0.3, -0.25) is 0 Å². The minimum absolute atomic E-state index is 0.00936. The van der Waals surface area contributed by atoms with E-state index in [0.29, 0.717) is 6.10 Å². The molecule has 0 bridgehead atoms. The molecule has 0 aliphatic rings. The molecule has 2 heteroatoms. The van der Waals surface area contributed by atoms with E-state index in [0.717, 1.165) is 6.42 Å². The highest BCUT2D eigenvalue weighted by Crippen LogP contribution is 2.18. The first-order chi connectivity index (χ1) is 10.3. The van der Waals surface area contributed by atoms with E-state index < -0.39 is 0 Å². The Labute approximate surface area is 134 Å². The molecule has 0 aliphatic carbocycles. The lowest BCUT2D eigenvalue weighted by Crippen LogP contribution is -2.24. The van der Waals surface area contributed by atoms with Gasteiger partial charge in [0.2, 0.25) is 0 Å². The fourth-order valence-electron chi connectivity index (χ4n) is 2.70. The monoisotopic (exact) mass is 300 g/mol. The highest BCUT2D eigenvalue weighted by Gasteiger charge is 2.15. The lowest BCUT2D eigenvalue weighted by Gasteiger charge is -2.24. The molecule has 0 fully saturated rings. The zero-order chi connectivity index (χ0) is 15.8. The van der Waals surface area contributed by atoms with Crippen molar-refractivity contribution in [1.82, 2.24) is 0 Å². The van der Waals surface area contributed by atoms with Crippen LogP contribution in [0.25, 0.3) is 0 Å². The number of hydrogen-bond donors (Lipinski definition) is 0. The second kappa shape index (κ2) is 16.3. The maximum Gasteiger partial charge on any atom is 0.157 e. The summed E-state index contributed by atoms with van der Waals surface area (Å²) in [6.45, 7) is 6.77. The fraction of sp³-hybridized carbons (Fsp3) is 1.00. The molecule has 0 spiro atoms. The van der Waals surface area contributed by atoms with E-state index in [2.05, 4.69) is 20.8 Å². The van der Waals surface area contributed by atoms with E-state index in [1.165, 1.54) is 77.0 Å². The van der Waals surface area contributed by atoms with Gasteiger partial charge in [-0.15, -0.1) is 0 Å². The molecule has 0 aliphatic heterocycles. The van der Waals surface area contributed by atoms with Gasteiger partial charge < -0.3 is 9.47 Å². The molecule has 0 aromatic carbocycles. The smallest absolute Gasteiger partial charge is 0.157 e. The largest absolute Gasteiger partial charge is 0.356 e. The maximum absolute atomic E-state index is 6.23. The van der Waals surface area contributed by atoms with Crippen molar-refractivity contribution in [3.05, 3.63) is 0 Å². The molecule has 21 heavy (non-hydrogen) atoms. The normalized spacial score (nSPS) is 14.3. The summed E-state index contributed by atoms with van der Waals surface area (Å²) >= 11 is 0. The van der Waals surface area contributed by atoms with Crippen molar-refractivity contribution in [3.63, 3.8) is 0 Å². The van der Waals surface area contributed by atoms with Crippen LogP contribution in [0.3, 0.4) is 0 Å². The molecule has 0 aromatic rings. The first kappa shape index (κ1) is 20.9. The summed E-state index contributed by atoms with van der Waals surface area (Å²) in [5.74, 6) is 0. The van der Waals surface area contributed by atoms with Crippen LogP contribution < -0.4 is 0 Å². The summed E-state index contributed by atoms with van der Waals surface area (Å²) in [5, 5.41) is 0. The standard InChI is InChI=1S/C19H40O2/c1-5-8-11-12-14-17-19(20-4)21-18(15-10-7-3)16-13-9-6-2/h18-19H,5-17H2,1-4H3/t18?,19-/m0/s1. The highest BCUT2D eigenvalue weighted by molar-refractivity contribution is 4.61. The summed E-state index contributed by atoms with van der Waals surface area (Å²) in [7, 11) is 1.79. The van der Waals surface area contributed by atoms with Crippen molar-refractivity contribution < 1.29 is 9.47 Å². The van der Waals surface area contributed by atoms with Crippen LogP contribution in [-0.2, 0) is 9.47 Å². The Kier molecular flexibility index (Phi) is 16.2. The van der Waals surface area contributed by atoms with Crippen LogP contribution in [-0.4, -0.2) is 19.5 Å². The van der Waals surface area contributed by atoms with Crippen molar-refractivity contribution in [1.29, 1.82) is 0 Å². The summed E-state index contributed by atoms with van der Waals surface area (Å²) in [4.78, 5) is 0. The van der Waals surface area contributed by atoms with Crippen molar-refractivity contribution in [2.24, 2.45) is 0 Å². The van der Waals surface area contributed by atoms with Crippen molar-refractivity contribution in [3.8, 4) is 0 Å². The molecular weight excluding hydrogens is 260 g/mol. The molecule has 2 nitrogen and oxygen atoms in total. The van der Waals surface area contributed by atoms with Crippen LogP contribution in [0.15, 0.2) is 0 Å². The van der Waals surface area contributed by atoms with E-state index in [1.807, 2.05) is 0 Å². The molecule has 0 rings (SSSR count). The number of hydrogen-bond acceptors (Lipinski definition) is 2. The van der Waals surface area contributed by atoms with Gasteiger partial charge >= 0.3 is 0 Å². The van der Waals surface area contributed by atoms with Gasteiger partial charge in [0.25, 0.3) is 0 Å². The second-order valence-electron chi connectivity index (χ2n) is 6.26. The van der Waals surface area contributed by atoms with Crippen LogP contribution in [0.1, 0.15) is 104 Å². The topological polar surface area (TPSA) is 18.5 Å². The van der Waals surface area contributed by atoms with Gasteiger partial charge in [0.15, 0.2) is 6.29 Å². The summed E-state index contributed by atoms with van der Waals surface area (Å²) in [5.41, 5.74) is 0. The minimum atomic E-state index is 0.00936. The third-order valence-electron chi connectivity index (χ3n) is 4.16. The third-order valence-corrected chi connectivity index (χ3v) is 4.16. The lowest BCUT2D eigenvalue weighted by atomic mass is 10.1. The average molecular weight is 301 g/mol. The molecule has 0 heterocycles. The zero-order valence-corrected chi connectivity index (χ0v) is 15.2. The summed E-state index contributed by atoms with van der Waals surface area (Å²) in [6.07, 6.45) is 16.8. The van der Waals surface area contributed by atoms with Crippen molar-refractivity contribution in [2.75, 3.05) is 7.11 Å². The summed E-state index contributed by atoms with van der Waals surface area (Å²) in [6, 6.07) is 0. The molecule has 0 amide bonds. The van der Waals surface area contributed by atoms with E-state index in [1.54, 1.807) is 7.11 Å². The first-order valence-electron chi connectivity index (χ1n) is 9.46. The fourth-order valence-corrected chi connectivity index (χ4v) is 2.70. The number of ether oxygens (including phenoxy) is 2. The predicted octanol–water partition coefficient (Wildman–Crippen LogP) is 6.48. The van der Waals surface area contributed by atoms with E-state index in [9.17, 15) is 0 Å². The number of methoxy groups -OCH3 is 1. The number of unbranched alkanes of at least 4 members (excludes halogenated alkanes) is 7. The van der Waals surface area contributed by atoms with Crippen LogP contribution >= 0.6 is 0 Å². The molecule has 0 radical (unpaired) electrons. The Morgan fingerprint density at radius 2 is 1.14 bits per heavy atom. The van der Waals surface area contributed by atoms with Crippen LogP contribution in [0, 0.1) is 0 Å². The van der Waals surface area contributed by atoms with Gasteiger partial charge in [0.05, 0.1) is 6.10 Å². The van der Waals surface area contributed by atoms with Crippen LogP contribution in [0.5, 0.6) is 0 Å². The Bertz CT molecular complexity index is 194. The van der Waals surface area contributed by atoms with Crippen molar-refractivity contribution >= 4 is 0 Å². The second-order valence-corrected chi connectivity index (χ2v) is 6.26. The van der Waals surface area contributed by atoms with Crippen LogP contribution in [0.2, 0.25) is 0 Å². The Balaban J connectivity index is 3.96. The Hall–Kier alpha value is -0.0800. The van der Waals surface area contributed by atoms with Gasteiger partial charge in [-0.05, 0) is 25.7 Å². The SMILES string of the molecule is CCCCCCC[C@@H](OC)OC(CCCC)CCCCC. The zero-order valence-electron chi connectivity index (χ0n) is 15.2. The predicted molar refractivity (Wildman–Crippen MR) is 92.7 cm³/mol. The van der Waals surface area contributed by atoms with E-state index >= 15 is 0 Å². The number of rotatable bonds is 16. The van der Waals surface area contributed by atoms with Crippen molar-refractivity contribution in [2.45, 2.75) is 117 Å². The third kappa shape index (κ3) is 13.3. The maximum atomic E-state index is 6.23. The molecule has 1 unspecified atom stereocenters. The Morgan fingerprint density at radius 1 is 0.619 bits per heavy atom. The van der Waals surface area contributed by atoms with E-state index in [-0.39, 0.29) is 6.29 Å². The molecular formula is C19H40O2. The molecule has 0 saturated carbocycles. The van der Waals surface area contributed by atoms with Gasteiger partial charge in [-0.1, -0.05) is 78.6 Å². The van der Waals surface area contributed by atoms with Crippen LogP contribution in [0.4, 0.5) is 0 Å². The summed E-state index contributed by atoms with van der Waals surface area (Å²) < 4.78 is 11.8. The molecule has 2 atom stereocenters. The van der Waals surface area contributed by atoms with E-state index in [4.69, 9.17) is 9.47 Å². The highest BCUT2D eigenvalue weighted by atomic mass is 16.7. The molecule has 0 aromatic heterocycles. The van der Waals surface area contributed by atoms with Gasteiger partial charge in [-0.25, -0.2) is 0 Å². The quantitative estimate of drug-likeness (QED) is 0.240. The van der Waals surface area contributed by atoms with Gasteiger partial charge in [0, 0.05) is 7.11 Å². The van der Waals surface area contributed by atoms with Gasteiger partial charge in [-0.2, -0.15) is 0 Å². The van der Waals surface area contributed by atoms with Gasteiger partial charge in [0.1, 0.15) is 0 Å². The Morgan fingerprint density at radius 3 is 1.76 bits per heavy atom. The molecule has 128 valence electrons. The first-order valence-corrected chi connectivity index (χ1v) is 9.46.